The molecule has 0 saturated heterocycles. The van der Waals surface area contributed by atoms with Crippen LogP contribution in [0.2, 0.25) is 0 Å². The average molecular weight is 301 g/mol. The number of hydrogen-bond acceptors (Lipinski definition) is 2. The van der Waals surface area contributed by atoms with Crippen molar-refractivity contribution in [2.75, 3.05) is 0 Å². The van der Waals surface area contributed by atoms with E-state index in [1.165, 1.54) is 11.1 Å². The van der Waals surface area contributed by atoms with Gasteiger partial charge in [-0.15, -0.1) is 0 Å². The van der Waals surface area contributed by atoms with E-state index in [4.69, 9.17) is 0 Å². The smallest absolute Gasteiger partial charge is 0.0802 e. The van der Waals surface area contributed by atoms with Gasteiger partial charge in [0.25, 0.3) is 0 Å². The summed E-state index contributed by atoms with van der Waals surface area (Å²) in [5.74, 6) is 0. The Morgan fingerprint density at radius 3 is 2.41 bits per heavy atom. The lowest BCUT2D eigenvalue weighted by Crippen LogP contribution is -2.25. The molecule has 2 nitrogen and oxygen atoms in total. The Balaban J connectivity index is 2.55. The molecule has 0 radical (unpaired) electrons. The molecule has 1 aromatic carbocycles. The van der Waals surface area contributed by atoms with Crippen molar-refractivity contribution in [3.63, 3.8) is 0 Å². The van der Waals surface area contributed by atoms with E-state index in [1.807, 2.05) is 6.92 Å². The van der Waals surface area contributed by atoms with Crippen molar-refractivity contribution in [1.82, 2.24) is 0 Å². The van der Waals surface area contributed by atoms with Crippen molar-refractivity contribution in [3.05, 3.63) is 33.8 Å². The minimum absolute atomic E-state index is 0.597. The van der Waals surface area contributed by atoms with E-state index in [-0.39, 0.29) is 0 Å². The second-order valence-electron chi connectivity index (χ2n) is 4.36. The first-order chi connectivity index (χ1) is 8.08. The SMILES string of the molecule is CCc1ccc(CCC(O)C(O)CC)cc1Br. The normalized spacial score (nSPS) is 14.6. The van der Waals surface area contributed by atoms with Crippen LogP contribution in [0, 0.1) is 0 Å². The summed E-state index contributed by atoms with van der Waals surface area (Å²) in [7, 11) is 0. The van der Waals surface area contributed by atoms with Gasteiger partial charge in [-0.05, 0) is 42.9 Å². The van der Waals surface area contributed by atoms with Crippen LogP contribution in [-0.4, -0.2) is 22.4 Å². The lowest BCUT2D eigenvalue weighted by atomic mass is 10.0. The Morgan fingerprint density at radius 2 is 1.88 bits per heavy atom. The van der Waals surface area contributed by atoms with Crippen molar-refractivity contribution >= 4 is 15.9 Å². The highest BCUT2D eigenvalue weighted by molar-refractivity contribution is 9.10. The zero-order chi connectivity index (χ0) is 12.8. The van der Waals surface area contributed by atoms with E-state index >= 15 is 0 Å². The van der Waals surface area contributed by atoms with Gasteiger partial charge in [0.15, 0.2) is 0 Å². The van der Waals surface area contributed by atoms with E-state index in [0.29, 0.717) is 12.8 Å². The van der Waals surface area contributed by atoms with E-state index in [1.54, 1.807) is 0 Å². The van der Waals surface area contributed by atoms with Crippen LogP contribution in [-0.2, 0) is 12.8 Å². The van der Waals surface area contributed by atoms with E-state index in [9.17, 15) is 10.2 Å². The molecule has 1 aromatic rings. The van der Waals surface area contributed by atoms with E-state index in [0.717, 1.165) is 17.3 Å². The maximum Gasteiger partial charge on any atom is 0.0802 e. The average Bonchev–Trinajstić information content (AvgIpc) is 2.35. The molecule has 0 aliphatic carbocycles. The number of rotatable bonds is 6. The Bertz CT molecular complexity index is 352. The molecule has 2 N–H and O–H groups in total. The summed E-state index contributed by atoms with van der Waals surface area (Å²) in [4.78, 5) is 0. The molecule has 0 spiro atoms. The third-order valence-electron chi connectivity index (χ3n) is 3.09. The summed E-state index contributed by atoms with van der Waals surface area (Å²) in [6.07, 6.45) is 1.78. The molecule has 0 aliphatic rings. The second-order valence-corrected chi connectivity index (χ2v) is 5.22. The number of aryl methyl sites for hydroxylation is 2. The van der Waals surface area contributed by atoms with Crippen LogP contribution in [0.15, 0.2) is 22.7 Å². The van der Waals surface area contributed by atoms with Crippen LogP contribution < -0.4 is 0 Å². The predicted octanol–water partition coefficient (Wildman–Crippen LogP) is 3.08. The van der Waals surface area contributed by atoms with Crippen molar-refractivity contribution in [2.24, 2.45) is 0 Å². The molecule has 0 bridgehead atoms. The molecule has 0 aromatic heterocycles. The first-order valence-electron chi connectivity index (χ1n) is 6.21. The summed E-state index contributed by atoms with van der Waals surface area (Å²) in [6, 6.07) is 6.31. The monoisotopic (exact) mass is 300 g/mol. The molecular weight excluding hydrogens is 280 g/mol. The summed E-state index contributed by atoms with van der Waals surface area (Å²) in [5, 5.41) is 19.2. The highest BCUT2D eigenvalue weighted by Crippen LogP contribution is 2.20. The van der Waals surface area contributed by atoms with Gasteiger partial charge in [0.05, 0.1) is 12.2 Å². The van der Waals surface area contributed by atoms with Crippen LogP contribution in [0.25, 0.3) is 0 Å². The van der Waals surface area contributed by atoms with Gasteiger partial charge in [-0.25, -0.2) is 0 Å². The summed E-state index contributed by atoms with van der Waals surface area (Å²) in [5.41, 5.74) is 2.49. The van der Waals surface area contributed by atoms with Gasteiger partial charge in [0.2, 0.25) is 0 Å². The van der Waals surface area contributed by atoms with Crippen LogP contribution in [0.5, 0.6) is 0 Å². The third-order valence-corrected chi connectivity index (χ3v) is 3.83. The molecule has 0 amide bonds. The Kier molecular flexibility index (Phi) is 6.17. The second kappa shape index (κ2) is 7.14. The fourth-order valence-corrected chi connectivity index (χ4v) is 2.52. The molecule has 0 fully saturated rings. The topological polar surface area (TPSA) is 40.5 Å². The number of hydrogen-bond donors (Lipinski definition) is 2. The summed E-state index contributed by atoms with van der Waals surface area (Å²) >= 11 is 3.55. The van der Waals surface area contributed by atoms with Gasteiger partial charge >= 0.3 is 0 Å². The zero-order valence-electron chi connectivity index (χ0n) is 10.5. The fraction of sp³-hybridized carbons (Fsp3) is 0.571. The van der Waals surface area contributed by atoms with E-state index in [2.05, 4.69) is 41.1 Å². The maximum absolute atomic E-state index is 9.69. The number of aliphatic hydroxyl groups excluding tert-OH is 2. The minimum Gasteiger partial charge on any atom is -0.390 e. The molecule has 0 aliphatic heterocycles. The van der Waals surface area contributed by atoms with E-state index < -0.39 is 12.2 Å². The van der Waals surface area contributed by atoms with Crippen molar-refractivity contribution in [2.45, 2.75) is 51.7 Å². The fourth-order valence-electron chi connectivity index (χ4n) is 1.81. The van der Waals surface area contributed by atoms with Crippen LogP contribution in [0.4, 0.5) is 0 Å². The van der Waals surface area contributed by atoms with Crippen LogP contribution in [0.3, 0.4) is 0 Å². The number of halogens is 1. The molecular formula is C14H21BrO2. The molecule has 2 unspecified atom stereocenters. The van der Waals surface area contributed by atoms with Gasteiger partial charge in [-0.1, -0.05) is 41.9 Å². The highest BCUT2D eigenvalue weighted by atomic mass is 79.9. The lowest BCUT2D eigenvalue weighted by molar-refractivity contribution is 0.0130. The summed E-state index contributed by atoms with van der Waals surface area (Å²) in [6.45, 7) is 4.00. The molecule has 0 saturated carbocycles. The van der Waals surface area contributed by atoms with Crippen molar-refractivity contribution < 1.29 is 10.2 Å². The van der Waals surface area contributed by atoms with Crippen molar-refractivity contribution in [3.8, 4) is 0 Å². The molecule has 2 atom stereocenters. The quantitative estimate of drug-likeness (QED) is 0.848. The molecule has 3 heteroatoms. The van der Waals surface area contributed by atoms with Gasteiger partial charge in [0, 0.05) is 4.47 Å². The number of aliphatic hydroxyl groups is 2. The Morgan fingerprint density at radius 1 is 1.18 bits per heavy atom. The van der Waals surface area contributed by atoms with Gasteiger partial charge in [-0.3, -0.25) is 0 Å². The number of benzene rings is 1. The largest absolute Gasteiger partial charge is 0.390 e. The summed E-state index contributed by atoms with van der Waals surface area (Å²) < 4.78 is 1.13. The Labute approximate surface area is 112 Å². The van der Waals surface area contributed by atoms with Gasteiger partial charge < -0.3 is 10.2 Å². The van der Waals surface area contributed by atoms with Crippen molar-refractivity contribution in [1.29, 1.82) is 0 Å². The van der Waals surface area contributed by atoms with Crippen LogP contribution >= 0.6 is 15.9 Å². The Hall–Kier alpha value is -0.380. The predicted molar refractivity (Wildman–Crippen MR) is 74.1 cm³/mol. The highest BCUT2D eigenvalue weighted by Gasteiger charge is 2.13. The standard InChI is InChI=1S/C14H21BrO2/c1-3-11-7-5-10(9-12(11)15)6-8-14(17)13(16)4-2/h5,7,9,13-14,16-17H,3-4,6,8H2,1-2H3. The molecule has 17 heavy (non-hydrogen) atoms. The molecule has 0 heterocycles. The van der Waals surface area contributed by atoms with Crippen LogP contribution in [0.1, 0.15) is 37.8 Å². The first kappa shape index (κ1) is 14.7. The first-order valence-corrected chi connectivity index (χ1v) is 7.01. The molecule has 96 valence electrons. The minimum atomic E-state index is -0.621. The van der Waals surface area contributed by atoms with Gasteiger partial charge in [0.1, 0.15) is 0 Å². The zero-order valence-corrected chi connectivity index (χ0v) is 12.1. The third kappa shape index (κ3) is 4.41. The molecule has 1 rings (SSSR count). The maximum atomic E-state index is 9.69. The lowest BCUT2D eigenvalue weighted by Gasteiger charge is -2.16. The van der Waals surface area contributed by atoms with Gasteiger partial charge in [-0.2, -0.15) is 0 Å².